The second-order valence-corrected chi connectivity index (χ2v) is 10.4. The van der Waals surface area contributed by atoms with Crippen molar-refractivity contribution in [3.05, 3.63) is 65.4 Å². The molecule has 0 spiro atoms. The number of sulfonamides is 1. The average Bonchev–Trinajstić information content (AvgIpc) is 3.35. The number of anilines is 2. The molecule has 0 saturated heterocycles. The second kappa shape index (κ2) is 8.36. The van der Waals surface area contributed by atoms with Crippen molar-refractivity contribution in [2.75, 3.05) is 16.7 Å². The minimum Gasteiger partial charge on any atom is -0.298 e. The molecule has 0 unspecified atom stereocenters. The van der Waals surface area contributed by atoms with Crippen LogP contribution in [0.25, 0.3) is 10.2 Å². The van der Waals surface area contributed by atoms with Gasteiger partial charge in [0.15, 0.2) is 10.9 Å². The number of thiazole rings is 1. The quantitative estimate of drug-likeness (QED) is 0.461. The molecule has 2 aromatic carbocycles. The van der Waals surface area contributed by atoms with Crippen molar-refractivity contribution in [3.8, 4) is 0 Å². The third kappa shape index (κ3) is 3.98. The Morgan fingerprint density at radius 2 is 1.91 bits per heavy atom. The van der Waals surface area contributed by atoms with E-state index >= 15 is 0 Å². The molecule has 0 atom stereocenters. The maximum Gasteiger partial charge on any atom is 0.265 e. The Balaban J connectivity index is 1.64. The van der Waals surface area contributed by atoms with Gasteiger partial charge in [-0.2, -0.15) is 5.10 Å². The number of aryl methyl sites for hydroxylation is 3. The van der Waals surface area contributed by atoms with Crippen LogP contribution in [0.15, 0.2) is 53.6 Å². The van der Waals surface area contributed by atoms with Crippen LogP contribution in [0.1, 0.15) is 28.4 Å². The average molecular weight is 470 g/mol. The number of nitrogens with zero attached hydrogens (tertiary/aromatic N) is 4. The number of carbonyl (C=O) groups excluding carboxylic acids is 1. The molecule has 0 radical (unpaired) electrons. The summed E-state index contributed by atoms with van der Waals surface area (Å²) < 4.78 is 29.7. The number of fused-ring (bicyclic) bond motifs is 1. The van der Waals surface area contributed by atoms with Crippen LogP contribution < -0.4 is 9.62 Å². The molecule has 4 aromatic rings. The van der Waals surface area contributed by atoms with Crippen LogP contribution in [0.4, 0.5) is 10.9 Å². The maximum absolute atomic E-state index is 13.1. The fourth-order valence-electron chi connectivity index (χ4n) is 3.35. The highest BCUT2D eigenvalue weighted by Gasteiger charge is 2.29. The van der Waals surface area contributed by atoms with E-state index in [2.05, 4.69) is 28.4 Å². The Kier molecular flexibility index (Phi) is 5.74. The lowest BCUT2D eigenvalue weighted by atomic mass is 10.2. The normalized spacial score (nSPS) is 11.6. The number of carbonyl (C=O) groups is 1. The second-order valence-electron chi connectivity index (χ2n) is 7.42. The van der Waals surface area contributed by atoms with E-state index < -0.39 is 15.9 Å². The summed E-state index contributed by atoms with van der Waals surface area (Å²) in [5.74, 6) is -0.314. The number of hydrogen-bond acceptors (Lipinski definition) is 6. The van der Waals surface area contributed by atoms with Gasteiger partial charge < -0.3 is 0 Å². The van der Waals surface area contributed by atoms with Gasteiger partial charge in [-0.15, -0.1) is 0 Å². The van der Waals surface area contributed by atoms with Gasteiger partial charge in [0.25, 0.3) is 15.9 Å². The van der Waals surface area contributed by atoms with Crippen LogP contribution in [0.5, 0.6) is 0 Å². The fraction of sp³-hybridized carbons (Fsp3) is 0.227. The van der Waals surface area contributed by atoms with E-state index in [0.29, 0.717) is 5.13 Å². The fourth-order valence-corrected chi connectivity index (χ4v) is 5.52. The Morgan fingerprint density at radius 3 is 2.59 bits per heavy atom. The molecule has 0 saturated carbocycles. The van der Waals surface area contributed by atoms with Gasteiger partial charge in [-0.1, -0.05) is 42.0 Å². The van der Waals surface area contributed by atoms with E-state index in [1.165, 1.54) is 34.8 Å². The summed E-state index contributed by atoms with van der Waals surface area (Å²) in [5.41, 5.74) is 3.08. The molecule has 2 heterocycles. The Labute approximate surface area is 190 Å². The summed E-state index contributed by atoms with van der Waals surface area (Å²) in [4.78, 5) is 17.6. The van der Waals surface area contributed by atoms with Crippen molar-refractivity contribution in [2.24, 2.45) is 7.05 Å². The van der Waals surface area contributed by atoms with Gasteiger partial charge in [0, 0.05) is 14.1 Å². The largest absolute Gasteiger partial charge is 0.298 e. The Hall–Kier alpha value is -3.24. The van der Waals surface area contributed by atoms with Gasteiger partial charge in [0.2, 0.25) is 0 Å². The zero-order chi connectivity index (χ0) is 23.0. The molecule has 32 heavy (non-hydrogen) atoms. The van der Waals surface area contributed by atoms with Crippen LogP contribution in [-0.4, -0.2) is 36.1 Å². The minimum absolute atomic E-state index is 0.135. The number of aromatic nitrogens is 3. The third-order valence-electron chi connectivity index (χ3n) is 5.21. The Bertz CT molecular complexity index is 1410. The first kappa shape index (κ1) is 22.0. The number of nitrogens with one attached hydrogen (secondary N) is 1. The molecule has 0 aliphatic rings. The lowest BCUT2D eigenvalue weighted by Gasteiger charge is -2.20. The summed E-state index contributed by atoms with van der Waals surface area (Å²) in [6, 6.07) is 12.5. The van der Waals surface area contributed by atoms with Gasteiger partial charge in [-0.05, 0) is 43.2 Å². The van der Waals surface area contributed by atoms with E-state index in [1.54, 1.807) is 31.3 Å². The summed E-state index contributed by atoms with van der Waals surface area (Å²) in [5, 5.41) is 7.35. The SMILES string of the molecule is CCc1ccc2nc(NC(=O)c3cnn(C)c3N(C)S(=O)(=O)c3ccc(C)cc3)sc2c1. The van der Waals surface area contributed by atoms with Crippen molar-refractivity contribution in [2.45, 2.75) is 25.2 Å². The number of rotatable bonds is 6. The molecular formula is C22H23N5O3S2. The zero-order valence-corrected chi connectivity index (χ0v) is 19.8. The zero-order valence-electron chi connectivity index (χ0n) is 18.2. The van der Waals surface area contributed by atoms with E-state index in [1.807, 2.05) is 19.1 Å². The van der Waals surface area contributed by atoms with Crippen molar-refractivity contribution in [1.29, 1.82) is 0 Å². The standard InChI is InChI=1S/C22H23N5O3S2/c1-5-15-8-11-18-19(12-15)31-22(24-18)25-20(28)17-13-23-26(3)21(17)27(4)32(29,30)16-9-6-14(2)7-10-16/h6-13H,5H2,1-4H3,(H,24,25,28). The lowest BCUT2D eigenvalue weighted by Crippen LogP contribution is -2.30. The summed E-state index contributed by atoms with van der Waals surface area (Å²) in [6.07, 6.45) is 2.27. The molecular weight excluding hydrogens is 446 g/mol. The van der Waals surface area contributed by atoms with Gasteiger partial charge in [0.05, 0.1) is 21.3 Å². The first-order chi connectivity index (χ1) is 15.2. The van der Waals surface area contributed by atoms with Crippen LogP contribution in [0.2, 0.25) is 0 Å². The molecule has 0 aliphatic carbocycles. The van der Waals surface area contributed by atoms with Crippen molar-refractivity contribution in [3.63, 3.8) is 0 Å². The molecule has 1 amide bonds. The molecule has 8 nitrogen and oxygen atoms in total. The smallest absolute Gasteiger partial charge is 0.265 e. The maximum atomic E-state index is 13.1. The molecule has 0 fully saturated rings. The van der Waals surface area contributed by atoms with Gasteiger partial charge in [-0.3, -0.25) is 19.1 Å². The lowest BCUT2D eigenvalue weighted by molar-refractivity contribution is 0.102. The predicted octanol–water partition coefficient (Wildman–Crippen LogP) is 3.98. The minimum atomic E-state index is -3.88. The van der Waals surface area contributed by atoms with Gasteiger partial charge in [-0.25, -0.2) is 13.4 Å². The molecule has 4 rings (SSSR count). The highest BCUT2D eigenvalue weighted by atomic mass is 32.2. The van der Waals surface area contributed by atoms with Gasteiger partial charge >= 0.3 is 0 Å². The molecule has 166 valence electrons. The molecule has 1 N–H and O–H groups in total. The first-order valence-corrected chi connectivity index (χ1v) is 12.2. The van der Waals surface area contributed by atoms with E-state index in [4.69, 9.17) is 0 Å². The highest BCUT2D eigenvalue weighted by Crippen LogP contribution is 2.29. The topological polar surface area (TPSA) is 97.2 Å². The number of benzene rings is 2. The molecule has 2 aromatic heterocycles. The number of hydrogen-bond donors (Lipinski definition) is 1. The van der Waals surface area contributed by atoms with E-state index in [0.717, 1.165) is 26.5 Å². The number of amides is 1. The van der Waals surface area contributed by atoms with Crippen LogP contribution >= 0.6 is 11.3 Å². The predicted molar refractivity (Wildman–Crippen MR) is 127 cm³/mol. The van der Waals surface area contributed by atoms with Crippen LogP contribution in [0.3, 0.4) is 0 Å². The Morgan fingerprint density at radius 1 is 1.19 bits per heavy atom. The molecule has 0 aliphatic heterocycles. The van der Waals surface area contributed by atoms with Crippen molar-refractivity contribution >= 4 is 48.4 Å². The van der Waals surface area contributed by atoms with Crippen LogP contribution in [0, 0.1) is 6.92 Å². The van der Waals surface area contributed by atoms with Crippen LogP contribution in [-0.2, 0) is 23.5 Å². The third-order valence-corrected chi connectivity index (χ3v) is 7.91. The summed E-state index contributed by atoms with van der Waals surface area (Å²) in [7, 11) is -0.875. The van der Waals surface area contributed by atoms with Crippen molar-refractivity contribution in [1.82, 2.24) is 14.8 Å². The molecule has 10 heteroatoms. The van der Waals surface area contributed by atoms with E-state index in [9.17, 15) is 13.2 Å². The monoisotopic (exact) mass is 469 g/mol. The highest BCUT2D eigenvalue weighted by molar-refractivity contribution is 7.92. The summed E-state index contributed by atoms with van der Waals surface area (Å²) >= 11 is 1.37. The first-order valence-electron chi connectivity index (χ1n) is 9.99. The van der Waals surface area contributed by atoms with E-state index in [-0.39, 0.29) is 16.3 Å². The van der Waals surface area contributed by atoms with Gasteiger partial charge in [0.1, 0.15) is 5.56 Å². The molecule has 0 bridgehead atoms. The summed E-state index contributed by atoms with van der Waals surface area (Å²) in [6.45, 7) is 3.96. The van der Waals surface area contributed by atoms with Crippen molar-refractivity contribution < 1.29 is 13.2 Å².